The van der Waals surface area contributed by atoms with E-state index in [0.717, 1.165) is 0 Å². The monoisotopic (exact) mass is 231 g/mol. The third kappa shape index (κ3) is 3.55. The summed E-state index contributed by atoms with van der Waals surface area (Å²) in [6.45, 7) is -0.0278. The van der Waals surface area contributed by atoms with Crippen LogP contribution in [0.25, 0.3) is 0 Å². The third-order valence-electron chi connectivity index (χ3n) is 1.45. The molecule has 1 heterocycles. The molecular formula is C7H10ClN5O2. The summed E-state index contributed by atoms with van der Waals surface area (Å²) in [4.78, 5) is 22.3. The Hall–Kier alpha value is -1.63. The van der Waals surface area contributed by atoms with Crippen LogP contribution < -0.4 is 10.6 Å². The van der Waals surface area contributed by atoms with E-state index in [1.807, 2.05) is 0 Å². The molecule has 8 heteroatoms. The van der Waals surface area contributed by atoms with Crippen LogP contribution in [-0.2, 0) is 9.53 Å². The number of carbonyl (C=O) groups is 1. The molecule has 0 aliphatic carbocycles. The smallest absolute Gasteiger partial charge is 0.325 e. The number of methoxy groups -OCH3 is 1. The minimum absolute atomic E-state index is 0.0278. The first-order valence-electron chi connectivity index (χ1n) is 4.05. The van der Waals surface area contributed by atoms with E-state index in [0.29, 0.717) is 5.95 Å². The van der Waals surface area contributed by atoms with Crippen LogP contribution >= 0.6 is 11.6 Å². The van der Waals surface area contributed by atoms with Gasteiger partial charge in [-0.3, -0.25) is 4.79 Å². The second-order valence-electron chi connectivity index (χ2n) is 2.43. The number of hydrogen-bond donors (Lipinski definition) is 2. The highest BCUT2D eigenvalue weighted by Crippen LogP contribution is 2.08. The van der Waals surface area contributed by atoms with Gasteiger partial charge in [0.25, 0.3) is 0 Å². The molecule has 15 heavy (non-hydrogen) atoms. The van der Waals surface area contributed by atoms with Crippen LogP contribution in [0.1, 0.15) is 0 Å². The number of carbonyl (C=O) groups excluding carboxylic acids is 1. The summed E-state index contributed by atoms with van der Waals surface area (Å²) in [5.41, 5.74) is 0. The van der Waals surface area contributed by atoms with Crippen LogP contribution in [0.4, 0.5) is 11.9 Å². The highest BCUT2D eigenvalue weighted by atomic mass is 35.5. The molecule has 0 bridgehead atoms. The van der Waals surface area contributed by atoms with Crippen molar-refractivity contribution >= 4 is 29.5 Å². The van der Waals surface area contributed by atoms with Crippen LogP contribution in [0.2, 0.25) is 5.28 Å². The molecule has 7 nitrogen and oxygen atoms in total. The maximum absolute atomic E-state index is 10.8. The standard InChI is InChI=1S/C7H10ClN5O2/c1-9-6-11-5(8)12-7(13-6)10-3-4(14)15-2/h3H2,1-2H3,(H2,9,10,11,12,13). The van der Waals surface area contributed by atoms with Gasteiger partial charge in [-0.1, -0.05) is 0 Å². The Morgan fingerprint density at radius 1 is 1.40 bits per heavy atom. The topological polar surface area (TPSA) is 89.0 Å². The molecule has 82 valence electrons. The zero-order valence-electron chi connectivity index (χ0n) is 8.24. The Bertz CT molecular complexity index is 359. The average molecular weight is 232 g/mol. The second kappa shape index (κ2) is 5.30. The molecule has 2 N–H and O–H groups in total. The van der Waals surface area contributed by atoms with Crippen LogP contribution in [0.15, 0.2) is 0 Å². The number of halogens is 1. The van der Waals surface area contributed by atoms with Gasteiger partial charge >= 0.3 is 5.97 Å². The number of aromatic nitrogens is 3. The van der Waals surface area contributed by atoms with Gasteiger partial charge in [0.05, 0.1) is 7.11 Å². The van der Waals surface area contributed by atoms with E-state index < -0.39 is 5.97 Å². The van der Waals surface area contributed by atoms with Gasteiger partial charge in [0.1, 0.15) is 6.54 Å². The van der Waals surface area contributed by atoms with Crippen LogP contribution in [-0.4, -0.2) is 41.6 Å². The molecular weight excluding hydrogens is 222 g/mol. The average Bonchev–Trinajstić information content (AvgIpc) is 2.25. The van der Waals surface area contributed by atoms with Gasteiger partial charge in [0.15, 0.2) is 0 Å². The molecule has 0 unspecified atom stereocenters. The number of hydrogen-bond acceptors (Lipinski definition) is 7. The summed E-state index contributed by atoms with van der Waals surface area (Å²) < 4.78 is 4.44. The van der Waals surface area contributed by atoms with Gasteiger partial charge in [-0.2, -0.15) is 15.0 Å². The molecule has 0 saturated carbocycles. The summed E-state index contributed by atoms with van der Waals surface area (Å²) >= 11 is 5.62. The number of nitrogens with one attached hydrogen (secondary N) is 2. The van der Waals surface area contributed by atoms with Gasteiger partial charge in [-0.25, -0.2) is 0 Å². The van der Waals surface area contributed by atoms with Crippen molar-refractivity contribution in [1.29, 1.82) is 0 Å². The number of esters is 1. The zero-order chi connectivity index (χ0) is 11.3. The van der Waals surface area contributed by atoms with Gasteiger partial charge in [0, 0.05) is 7.05 Å². The first-order chi connectivity index (χ1) is 7.15. The van der Waals surface area contributed by atoms with Crippen molar-refractivity contribution in [3.8, 4) is 0 Å². The molecule has 1 rings (SSSR count). The summed E-state index contributed by atoms with van der Waals surface area (Å²) in [5, 5.41) is 5.40. The summed E-state index contributed by atoms with van der Waals surface area (Å²) in [7, 11) is 2.94. The Kier molecular flexibility index (Phi) is 4.04. The molecule has 0 aliphatic rings. The fourth-order valence-corrected chi connectivity index (χ4v) is 0.924. The lowest BCUT2D eigenvalue weighted by Crippen LogP contribution is -2.17. The predicted molar refractivity (Wildman–Crippen MR) is 54.9 cm³/mol. The van der Waals surface area contributed by atoms with E-state index in [2.05, 4.69) is 30.3 Å². The Morgan fingerprint density at radius 2 is 2.07 bits per heavy atom. The van der Waals surface area contributed by atoms with Crippen molar-refractivity contribution in [2.75, 3.05) is 31.3 Å². The van der Waals surface area contributed by atoms with Crippen molar-refractivity contribution in [3.05, 3.63) is 5.28 Å². The lowest BCUT2D eigenvalue weighted by molar-refractivity contribution is -0.138. The van der Waals surface area contributed by atoms with Crippen molar-refractivity contribution in [1.82, 2.24) is 15.0 Å². The molecule has 0 aliphatic heterocycles. The lowest BCUT2D eigenvalue weighted by atomic mass is 10.6. The normalized spacial score (nSPS) is 9.53. The van der Waals surface area contributed by atoms with Crippen molar-refractivity contribution in [2.45, 2.75) is 0 Å². The molecule has 0 atom stereocenters. The number of nitrogens with zero attached hydrogens (tertiary/aromatic N) is 3. The molecule has 0 radical (unpaired) electrons. The Balaban J connectivity index is 2.68. The van der Waals surface area contributed by atoms with E-state index in [9.17, 15) is 4.79 Å². The van der Waals surface area contributed by atoms with E-state index in [1.165, 1.54) is 7.11 Å². The zero-order valence-corrected chi connectivity index (χ0v) is 9.00. The van der Waals surface area contributed by atoms with E-state index in [4.69, 9.17) is 11.6 Å². The fourth-order valence-electron chi connectivity index (χ4n) is 0.764. The number of ether oxygens (including phenoxy) is 1. The van der Waals surface area contributed by atoms with Crippen LogP contribution in [0.5, 0.6) is 0 Å². The highest BCUT2D eigenvalue weighted by molar-refractivity contribution is 6.28. The minimum atomic E-state index is -0.419. The Labute approximate surface area is 91.2 Å². The van der Waals surface area contributed by atoms with E-state index >= 15 is 0 Å². The van der Waals surface area contributed by atoms with Crippen molar-refractivity contribution in [3.63, 3.8) is 0 Å². The predicted octanol–water partition coefficient (Wildman–Crippen LogP) is 0.152. The summed E-state index contributed by atoms with van der Waals surface area (Å²) in [5.74, 6) is 0.115. The number of anilines is 2. The molecule has 0 fully saturated rings. The lowest BCUT2D eigenvalue weighted by Gasteiger charge is -2.04. The minimum Gasteiger partial charge on any atom is -0.468 e. The van der Waals surface area contributed by atoms with Gasteiger partial charge < -0.3 is 15.4 Å². The van der Waals surface area contributed by atoms with Crippen molar-refractivity contribution in [2.24, 2.45) is 0 Å². The van der Waals surface area contributed by atoms with E-state index in [1.54, 1.807) is 7.05 Å². The van der Waals surface area contributed by atoms with Gasteiger partial charge in [-0.05, 0) is 11.6 Å². The van der Waals surface area contributed by atoms with Gasteiger partial charge in [-0.15, -0.1) is 0 Å². The number of rotatable bonds is 4. The van der Waals surface area contributed by atoms with Crippen LogP contribution in [0.3, 0.4) is 0 Å². The summed E-state index contributed by atoms with van der Waals surface area (Å²) in [6.07, 6.45) is 0. The summed E-state index contributed by atoms with van der Waals surface area (Å²) in [6, 6.07) is 0. The highest BCUT2D eigenvalue weighted by Gasteiger charge is 2.05. The second-order valence-corrected chi connectivity index (χ2v) is 2.77. The SMILES string of the molecule is CNc1nc(Cl)nc(NCC(=O)OC)n1. The molecule has 0 amide bonds. The molecule has 1 aromatic rings. The van der Waals surface area contributed by atoms with Crippen molar-refractivity contribution < 1.29 is 9.53 Å². The molecule has 0 saturated heterocycles. The fraction of sp³-hybridized carbons (Fsp3) is 0.429. The Morgan fingerprint density at radius 3 is 2.67 bits per heavy atom. The maximum atomic E-state index is 10.8. The quantitative estimate of drug-likeness (QED) is 0.713. The maximum Gasteiger partial charge on any atom is 0.325 e. The molecule has 0 spiro atoms. The van der Waals surface area contributed by atoms with E-state index in [-0.39, 0.29) is 17.8 Å². The first-order valence-corrected chi connectivity index (χ1v) is 4.43. The molecule has 0 aromatic carbocycles. The molecule has 1 aromatic heterocycles. The first kappa shape index (κ1) is 11.4. The van der Waals surface area contributed by atoms with Crippen LogP contribution in [0, 0.1) is 0 Å². The van der Waals surface area contributed by atoms with Gasteiger partial charge in [0.2, 0.25) is 17.2 Å². The largest absolute Gasteiger partial charge is 0.468 e. The third-order valence-corrected chi connectivity index (χ3v) is 1.62.